The Morgan fingerprint density at radius 2 is 2.38 bits per heavy atom. The van der Waals surface area contributed by atoms with E-state index in [1.165, 1.54) is 18.1 Å². The number of nitrogen functional groups attached to an aromatic ring is 1. The highest BCUT2D eigenvalue weighted by Gasteiger charge is 2.44. The molecule has 0 radical (unpaired) electrons. The molecule has 0 aliphatic carbocycles. The maximum absolute atomic E-state index is 11.8. The van der Waals surface area contributed by atoms with Gasteiger partial charge in [-0.15, -0.1) is 0 Å². The normalized spacial score (nSPS) is 29.3. The molecule has 1 unspecified atom stereocenters. The zero-order chi connectivity index (χ0) is 15.1. The van der Waals surface area contributed by atoms with Crippen LogP contribution in [-0.4, -0.2) is 60.1 Å². The maximum Gasteiger partial charge on any atom is 0.280 e. The number of fused-ring (bicyclic) bond motifs is 1. The van der Waals surface area contributed by atoms with Gasteiger partial charge in [-0.2, -0.15) is 16.7 Å². The first-order chi connectivity index (χ1) is 10.1. The summed E-state index contributed by atoms with van der Waals surface area (Å²) in [5.41, 5.74) is 5.55. The van der Waals surface area contributed by atoms with Crippen molar-refractivity contribution in [2.75, 3.05) is 18.6 Å². The molecular weight excluding hydrogens is 298 g/mol. The summed E-state index contributed by atoms with van der Waals surface area (Å²) in [5, 5.41) is 19.1. The van der Waals surface area contributed by atoms with E-state index in [-0.39, 0.29) is 29.0 Å². The molecule has 1 saturated heterocycles. The first-order valence-corrected chi connectivity index (χ1v) is 7.55. The summed E-state index contributed by atoms with van der Waals surface area (Å²) < 4.78 is 7.22. The molecule has 1 aliphatic heterocycles. The van der Waals surface area contributed by atoms with Crippen molar-refractivity contribution in [1.82, 2.24) is 19.5 Å². The molecular formula is C11H15N5O4S. The van der Waals surface area contributed by atoms with Crippen LogP contribution in [0.2, 0.25) is 0 Å². The predicted octanol–water partition coefficient (Wildman–Crippen LogP) is -1.32. The molecule has 0 saturated carbocycles. The average Bonchev–Trinajstić information content (AvgIpc) is 2.99. The van der Waals surface area contributed by atoms with Crippen molar-refractivity contribution in [3.63, 3.8) is 0 Å². The highest BCUT2D eigenvalue weighted by atomic mass is 32.2. The summed E-state index contributed by atoms with van der Waals surface area (Å²) in [6, 6.07) is 0. The van der Waals surface area contributed by atoms with E-state index in [2.05, 4.69) is 15.0 Å². The summed E-state index contributed by atoms with van der Waals surface area (Å²) in [4.78, 5) is 22.2. The molecule has 2 aromatic heterocycles. The van der Waals surface area contributed by atoms with Crippen molar-refractivity contribution in [1.29, 1.82) is 0 Å². The highest BCUT2D eigenvalue weighted by Crippen LogP contribution is 2.37. The maximum atomic E-state index is 11.8. The fraction of sp³-hybridized carbons (Fsp3) is 0.545. The van der Waals surface area contributed by atoms with Crippen molar-refractivity contribution in [3.8, 4) is 0 Å². The quantitative estimate of drug-likeness (QED) is 0.547. The number of imidazole rings is 1. The van der Waals surface area contributed by atoms with E-state index >= 15 is 0 Å². The van der Waals surface area contributed by atoms with Crippen molar-refractivity contribution in [2.24, 2.45) is 0 Å². The molecule has 0 spiro atoms. The molecule has 21 heavy (non-hydrogen) atoms. The smallest absolute Gasteiger partial charge is 0.280 e. The molecule has 5 N–H and O–H groups in total. The fourth-order valence-electron chi connectivity index (χ4n) is 2.48. The number of aliphatic hydroxyl groups excluding tert-OH is 2. The van der Waals surface area contributed by atoms with Crippen LogP contribution in [0.3, 0.4) is 0 Å². The third kappa shape index (κ3) is 2.20. The van der Waals surface area contributed by atoms with Gasteiger partial charge in [0, 0.05) is 0 Å². The first kappa shape index (κ1) is 14.3. The number of thioether (sulfide) groups is 1. The van der Waals surface area contributed by atoms with E-state index in [9.17, 15) is 15.0 Å². The van der Waals surface area contributed by atoms with Crippen molar-refractivity contribution < 1.29 is 14.9 Å². The molecule has 1 aliphatic rings. The molecule has 9 nitrogen and oxygen atoms in total. The number of aliphatic hydroxyl groups is 2. The second-order valence-electron chi connectivity index (χ2n) is 4.71. The summed E-state index contributed by atoms with van der Waals surface area (Å²) >= 11 is 1.40. The second-order valence-corrected chi connectivity index (χ2v) is 5.73. The largest absolute Gasteiger partial charge is 0.394 e. The van der Waals surface area contributed by atoms with Crippen LogP contribution in [0.15, 0.2) is 11.1 Å². The summed E-state index contributed by atoms with van der Waals surface area (Å²) in [7, 11) is 0. The molecule has 3 heterocycles. The standard InChI is InChI=1S/C11H15N5O4S/c1-21-7-6(18)4(2-17)20-10(7)16-3-13-5-8(16)14-11(12)15-9(5)19/h3-4,6-7,10,17-18H,2H2,1H3,(H3,12,14,15,19)/t4-,6+,7?,10-/m1/s1. The summed E-state index contributed by atoms with van der Waals surface area (Å²) in [6.07, 6.45) is 1.15. The van der Waals surface area contributed by atoms with E-state index < -0.39 is 24.0 Å². The Morgan fingerprint density at radius 3 is 3.05 bits per heavy atom. The minimum Gasteiger partial charge on any atom is -0.394 e. The van der Waals surface area contributed by atoms with E-state index in [1.807, 2.05) is 6.26 Å². The Hall–Kier alpha value is -1.62. The van der Waals surface area contributed by atoms with E-state index in [1.54, 1.807) is 4.57 Å². The monoisotopic (exact) mass is 313 g/mol. The van der Waals surface area contributed by atoms with Gasteiger partial charge in [-0.3, -0.25) is 14.3 Å². The van der Waals surface area contributed by atoms with Gasteiger partial charge in [0.25, 0.3) is 5.56 Å². The lowest BCUT2D eigenvalue weighted by Gasteiger charge is -2.19. The van der Waals surface area contributed by atoms with Crippen molar-refractivity contribution in [2.45, 2.75) is 23.7 Å². The van der Waals surface area contributed by atoms with Gasteiger partial charge in [-0.05, 0) is 6.26 Å². The van der Waals surface area contributed by atoms with Gasteiger partial charge in [-0.25, -0.2) is 4.98 Å². The van der Waals surface area contributed by atoms with E-state index in [4.69, 9.17) is 10.5 Å². The molecule has 1 fully saturated rings. The van der Waals surface area contributed by atoms with Crippen LogP contribution in [0.5, 0.6) is 0 Å². The number of hydrogen-bond donors (Lipinski definition) is 4. The van der Waals surface area contributed by atoms with Gasteiger partial charge in [-0.1, -0.05) is 0 Å². The Morgan fingerprint density at radius 1 is 1.62 bits per heavy atom. The summed E-state index contributed by atoms with van der Waals surface area (Å²) in [5.74, 6) is -0.0211. The number of aromatic nitrogens is 4. The van der Waals surface area contributed by atoms with E-state index in [0.717, 1.165) is 0 Å². The number of anilines is 1. The Labute approximate surface area is 123 Å². The number of nitrogens with two attached hydrogens (primary N) is 1. The number of H-pyrrole nitrogens is 1. The molecule has 4 atom stereocenters. The lowest BCUT2D eigenvalue weighted by atomic mass is 10.2. The number of aromatic amines is 1. The van der Waals surface area contributed by atoms with Gasteiger partial charge < -0.3 is 20.7 Å². The van der Waals surface area contributed by atoms with Crippen LogP contribution in [0.1, 0.15) is 6.23 Å². The molecule has 114 valence electrons. The Bertz CT molecular complexity index is 716. The van der Waals surface area contributed by atoms with Gasteiger partial charge in [0.15, 0.2) is 17.4 Å². The van der Waals surface area contributed by atoms with E-state index in [0.29, 0.717) is 0 Å². The number of rotatable bonds is 3. The lowest BCUT2D eigenvalue weighted by Crippen LogP contribution is -2.31. The molecule has 2 aromatic rings. The van der Waals surface area contributed by atoms with Gasteiger partial charge >= 0.3 is 0 Å². The van der Waals surface area contributed by atoms with Crippen LogP contribution < -0.4 is 11.3 Å². The highest BCUT2D eigenvalue weighted by molar-refractivity contribution is 7.99. The first-order valence-electron chi connectivity index (χ1n) is 6.26. The van der Waals surface area contributed by atoms with Gasteiger partial charge in [0.1, 0.15) is 6.10 Å². The summed E-state index contributed by atoms with van der Waals surface area (Å²) in [6.45, 7) is -0.294. The minimum absolute atomic E-state index is 0.0211. The number of nitrogens with zero attached hydrogens (tertiary/aromatic N) is 3. The minimum atomic E-state index is -0.827. The van der Waals surface area contributed by atoms with Gasteiger partial charge in [0.05, 0.1) is 24.3 Å². The zero-order valence-electron chi connectivity index (χ0n) is 11.1. The Balaban J connectivity index is 2.10. The third-order valence-electron chi connectivity index (χ3n) is 3.49. The Kier molecular flexibility index (Phi) is 3.61. The van der Waals surface area contributed by atoms with Crippen molar-refractivity contribution in [3.05, 3.63) is 16.7 Å². The molecule has 0 bridgehead atoms. The van der Waals surface area contributed by atoms with Crippen LogP contribution >= 0.6 is 11.8 Å². The second kappa shape index (κ2) is 5.30. The lowest BCUT2D eigenvalue weighted by molar-refractivity contribution is -0.0430. The number of nitrogens with one attached hydrogen (secondary N) is 1. The number of ether oxygens (including phenoxy) is 1. The number of hydrogen-bond acceptors (Lipinski definition) is 8. The van der Waals surface area contributed by atoms with Crippen LogP contribution in [0.4, 0.5) is 5.95 Å². The topological polar surface area (TPSA) is 139 Å². The van der Waals surface area contributed by atoms with Gasteiger partial charge in [0.2, 0.25) is 5.95 Å². The zero-order valence-corrected chi connectivity index (χ0v) is 11.9. The average molecular weight is 313 g/mol. The fourth-order valence-corrected chi connectivity index (χ4v) is 3.36. The van der Waals surface area contributed by atoms with Crippen LogP contribution in [-0.2, 0) is 4.74 Å². The molecule has 0 aromatic carbocycles. The predicted molar refractivity (Wildman–Crippen MR) is 76.9 cm³/mol. The molecule has 10 heteroatoms. The third-order valence-corrected chi connectivity index (χ3v) is 4.55. The van der Waals surface area contributed by atoms with Crippen LogP contribution in [0, 0.1) is 0 Å². The van der Waals surface area contributed by atoms with Crippen molar-refractivity contribution >= 4 is 28.9 Å². The van der Waals surface area contributed by atoms with Crippen LogP contribution in [0.25, 0.3) is 11.2 Å². The molecule has 0 amide bonds. The molecule has 3 rings (SSSR count). The SMILES string of the molecule is CSC1[C@@H](O)[C@@H](CO)O[C@H]1n1cnc2c(=O)[nH]c(N)nc21.